The van der Waals surface area contributed by atoms with Crippen molar-refractivity contribution < 1.29 is 14.3 Å². The van der Waals surface area contributed by atoms with Gasteiger partial charge in [0, 0.05) is 11.3 Å². The van der Waals surface area contributed by atoms with E-state index in [9.17, 15) is 9.59 Å². The molecule has 0 aliphatic heterocycles. The lowest BCUT2D eigenvalue weighted by Crippen LogP contribution is -2.39. The maximum Gasteiger partial charge on any atom is 0.240 e. The minimum Gasteiger partial charge on any atom is -0.495 e. The summed E-state index contributed by atoms with van der Waals surface area (Å²) in [6.45, 7) is 1.64. The lowest BCUT2D eigenvalue weighted by Gasteiger charge is -2.27. The number of carbonyl (C=O) groups is 2. The van der Waals surface area contributed by atoms with Crippen LogP contribution in [0.5, 0.6) is 5.75 Å². The second kappa shape index (κ2) is 8.50. The van der Waals surface area contributed by atoms with E-state index in [2.05, 4.69) is 4.98 Å². The number of ketones is 1. The molecular formula is C20H19ClN4O3S. The minimum absolute atomic E-state index is 0.0835. The van der Waals surface area contributed by atoms with Crippen LogP contribution in [0, 0.1) is 0 Å². The number of hydrogen-bond donors (Lipinski definition) is 2. The highest BCUT2D eigenvalue weighted by Crippen LogP contribution is 2.38. The van der Waals surface area contributed by atoms with Gasteiger partial charge in [-0.05, 0) is 25.1 Å². The molecule has 1 atom stereocenters. The maximum absolute atomic E-state index is 12.8. The zero-order valence-corrected chi connectivity index (χ0v) is 17.3. The Labute approximate surface area is 176 Å². The minimum atomic E-state index is -0.760. The van der Waals surface area contributed by atoms with Gasteiger partial charge in [0.05, 0.1) is 12.1 Å². The zero-order valence-electron chi connectivity index (χ0n) is 15.8. The number of primary amides is 1. The molecule has 0 aliphatic carbocycles. The van der Waals surface area contributed by atoms with Crippen molar-refractivity contribution in [3.05, 3.63) is 64.0 Å². The molecule has 7 nitrogen and oxygen atoms in total. The molecule has 1 amide bonds. The summed E-state index contributed by atoms with van der Waals surface area (Å²) in [7, 11) is 1.51. The molecule has 3 rings (SSSR count). The van der Waals surface area contributed by atoms with Gasteiger partial charge in [-0.1, -0.05) is 53.3 Å². The molecule has 0 spiro atoms. The Balaban J connectivity index is 2.07. The molecule has 0 aliphatic rings. The number of ether oxygens (including phenoxy) is 1. The predicted octanol–water partition coefficient (Wildman–Crippen LogP) is 3.63. The first-order valence-corrected chi connectivity index (χ1v) is 9.81. The van der Waals surface area contributed by atoms with Crippen molar-refractivity contribution in [2.75, 3.05) is 17.7 Å². The van der Waals surface area contributed by atoms with Crippen LogP contribution in [0.25, 0.3) is 0 Å². The summed E-state index contributed by atoms with van der Waals surface area (Å²) in [5.74, 6) is -0.242. The quantitative estimate of drug-likeness (QED) is 0.553. The molecule has 0 saturated carbocycles. The standard InChI is InChI=1S/C20H19ClN4O3S/c1-11(19(23)27)25(13-8-9-15(28-2)14(21)10-13)20-24-18(22)17(29-20)16(26)12-6-4-3-5-7-12/h3-11H,22H2,1-2H3,(H2,23,27)/t11-/m1/s1. The van der Waals surface area contributed by atoms with E-state index >= 15 is 0 Å². The third-order valence-corrected chi connectivity index (χ3v) is 5.67. The monoisotopic (exact) mass is 430 g/mol. The number of anilines is 3. The molecule has 2 aromatic carbocycles. The summed E-state index contributed by atoms with van der Waals surface area (Å²) in [6.07, 6.45) is 0. The SMILES string of the molecule is COc1ccc(N(c2nc(N)c(C(=O)c3ccccc3)s2)[C@H](C)C(N)=O)cc1Cl. The first-order valence-electron chi connectivity index (χ1n) is 8.61. The molecule has 0 unspecified atom stereocenters. The molecule has 0 fully saturated rings. The normalized spacial score (nSPS) is 11.7. The number of rotatable bonds is 7. The molecule has 1 aromatic heterocycles. The van der Waals surface area contributed by atoms with E-state index in [0.717, 1.165) is 11.3 Å². The van der Waals surface area contributed by atoms with Crippen molar-refractivity contribution in [1.29, 1.82) is 0 Å². The van der Waals surface area contributed by atoms with Gasteiger partial charge in [-0.2, -0.15) is 0 Å². The lowest BCUT2D eigenvalue weighted by molar-refractivity contribution is -0.118. The summed E-state index contributed by atoms with van der Waals surface area (Å²) in [4.78, 5) is 31.0. The fourth-order valence-corrected chi connectivity index (χ4v) is 4.04. The largest absolute Gasteiger partial charge is 0.495 e. The van der Waals surface area contributed by atoms with Crippen LogP contribution < -0.4 is 21.1 Å². The van der Waals surface area contributed by atoms with Gasteiger partial charge >= 0.3 is 0 Å². The van der Waals surface area contributed by atoms with E-state index in [4.69, 9.17) is 27.8 Å². The Hall–Kier alpha value is -3.10. The highest BCUT2D eigenvalue weighted by molar-refractivity contribution is 7.18. The maximum atomic E-state index is 12.8. The number of halogens is 1. The number of amides is 1. The molecule has 1 heterocycles. The van der Waals surface area contributed by atoms with Gasteiger partial charge in [0.15, 0.2) is 5.13 Å². The number of carbonyl (C=O) groups excluding carboxylic acids is 2. The topological polar surface area (TPSA) is 112 Å². The van der Waals surface area contributed by atoms with Crippen LogP contribution >= 0.6 is 22.9 Å². The number of hydrogen-bond acceptors (Lipinski definition) is 7. The van der Waals surface area contributed by atoms with E-state index in [1.165, 1.54) is 7.11 Å². The van der Waals surface area contributed by atoms with Gasteiger partial charge < -0.3 is 21.1 Å². The van der Waals surface area contributed by atoms with Crippen molar-refractivity contribution in [3.63, 3.8) is 0 Å². The first-order chi connectivity index (χ1) is 13.8. The third-order valence-electron chi connectivity index (χ3n) is 4.30. The number of methoxy groups -OCH3 is 1. The number of nitrogen functional groups attached to an aromatic ring is 1. The van der Waals surface area contributed by atoms with Crippen LogP contribution in [0.1, 0.15) is 22.2 Å². The summed E-state index contributed by atoms with van der Waals surface area (Å²) >= 11 is 7.33. The van der Waals surface area contributed by atoms with Crippen LogP contribution in [0.3, 0.4) is 0 Å². The van der Waals surface area contributed by atoms with E-state index in [-0.39, 0.29) is 16.5 Å². The van der Waals surface area contributed by atoms with Gasteiger partial charge in [0.1, 0.15) is 22.5 Å². The van der Waals surface area contributed by atoms with E-state index in [1.807, 2.05) is 6.07 Å². The lowest BCUT2D eigenvalue weighted by atomic mass is 10.1. The average Bonchev–Trinajstić information content (AvgIpc) is 3.09. The van der Waals surface area contributed by atoms with Crippen molar-refractivity contribution in [3.8, 4) is 5.75 Å². The summed E-state index contributed by atoms with van der Waals surface area (Å²) < 4.78 is 5.18. The fraction of sp³-hybridized carbons (Fsp3) is 0.150. The predicted molar refractivity (Wildman–Crippen MR) is 115 cm³/mol. The van der Waals surface area contributed by atoms with Crippen LogP contribution in [0.4, 0.5) is 16.6 Å². The molecular weight excluding hydrogens is 412 g/mol. The Morgan fingerprint density at radius 1 is 1.21 bits per heavy atom. The Morgan fingerprint density at radius 2 is 1.90 bits per heavy atom. The molecule has 0 saturated heterocycles. The van der Waals surface area contributed by atoms with Crippen LogP contribution in [0.2, 0.25) is 5.02 Å². The van der Waals surface area contributed by atoms with Gasteiger partial charge in [-0.15, -0.1) is 0 Å². The summed E-state index contributed by atoms with van der Waals surface area (Å²) in [6, 6.07) is 13.0. The van der Waals surface area contributed by atoms with Gasteiger partial charge in [-0.3, -0.25) is 9.59 Å². The van der Waals surface area contributed by atoms with Gasteiger partial charge in [0.2, 0.25) is 11.7 Å². The van der Waals surface area contributed by atoms with Crippen LogP contribution in [-0.2, 0) is 4.79 Å². The third kappa shape index (κ3) is 4.18. The van der Waals surface area contributed by atoms with E-state index in [0.29, 0.717) is 27.2 Å². The molecule has 9 heteroatoms. The fourth-order valence-electron chi connectivity index (χ4n) is 2.74. The Bertz CT molecular complexity index is 1060. The smallest absolute Gasteiger partial charge is 0.240 e. The summed E-state index contributed by atoms with van der Waals surface area (Å²) in [5.41, 5.74) is 12.6. The number of aromatic nitrogens is 1. The number of nitrogens with two attached hydrogens (primary N) is 2. The second-order valence-electron chi connectivity index (χ2n) is 6.17. The zero-order chi connectivity index (χ0) is 21.1. The van der Waals surface area contributed by atoms with E-state index < -0.39 is 11.9 Å². The summed E-state index contributed by atoms with van der Waals surface area (Å²) in [5, 5.41) is 0.714. The first kappa shape index (κ1) is 20.6. The highest BCUT2D eigenvalue weighted by atomic mass is 35.5. The molecule has 0 radical (unpaired) electrons. The molecule has 0 bridgehead atoms. The second-order valence-corrected chi connectivity index (χ2v) is 7.56. The van der Waals surface area contributed by atoms with Crippen molar-refractivity contribution >= 4 is 51.3 Å². The van der Waals surface area contributed by atoms with Crippen molar-refractivity contribution in [1.82, 2.24) is 4.98 Å². The van der Waals surface area contributed by atoms with Crippen molar-refractivity contribution in [2.24, 2.45) is 5.73 Å². The Morgan fingerprint density at radius 3 is 2.48 bits per heavy atom. The molecule has 150 valence electrons. The number of thiazole rings is 1. The van der Waals surface area contributed by atoms with Gasteiger partial charge in [0.25, 0.3) is 0 Å². The van der Waals surface area contributed by atoms with Crippen molar-refractivity contribution in [2.45, 2.75) is 13.0 Å². The van der Waals surface area contributed by atoms with Crippen LogP contribution in [-0.4, -0.2) is 29.8 Å². The highest BCUT2D eigenvalue weighted by Gasteiger charge is 2.27. The van der Waals surface area contributed by atoms with Gasteiger partial charge in [-0.25, -0.2) is 4.98 Å². The molecule has 29 heavy (non-hydrogen) atoms. The average molecular weight is 431 g/mol. The Kier molecular flexibility index (Phi) is 6.05. The number of benzene rings is 2. The molecule has 3 aromatic rings. The molecule has 4 N–H and O–H groups in total. The van der Waals surface area contributed by atoms with E-state index in [1.54, 1.807) is 54.3 Å². The van der Waals surface area contributed by atoms with Crippen LogP contribution in [0.15, 0.2) is 48.5 Å². The number of nitrogens with zero attached hydrogens (tertiary/aromatic N) is 2.